The molecule has 32 heavy (non-hydrogen) atoms. The van der Waals surface area contributed by atoms with E-state index >= 15 is 0 Å². The van der Waals surface area contributed by atoms with Crippen LogP contribution in [-0.4, -0.2) is 84.6 Å². The standard InChI is InChI=1S/C23H31N5O4/c1-15-12-27(3)16(2)14-32-20-7-6-17(26-22(29)19-11-24-8-9-25-19)10-18(20)23(30)28(4)13-21(15)31-5/h6-11,15-16,21H,12-14H2,1-5H3,(H,26,29)/t15-,16+,21-/m1/s1. The van der Waals surface area contributed by atoms with Crippen LogP contribution in [0.2, 0.25) is 0 Å². The third kappa shape index (κ3) is 5.60. The number of hydrogen-bond donors (Lipinski definition) is 1. The van der Waals surface area contributed by atoms with E-state index in [0.29, 0.717) is 30.2 Å². The van der Waals surface area contributed by atoms with Crippen LogP contribution < -0.4 is 10.1 Å². The van der Waals surface area contributed by atoms with Crippen molar-refractivity contribution >= 4 is 17.5 Å². The number of anilines is 1. The van der Waals surface area contributed by atoms with Gasteiger partial charge in [0.25, 0.3) is 11.8 Å². The van der Waals surface area contributed by atoms with E-state index in [1.807, 2.05) is 0 Å². The van der Waals surface area contributed by atoms with Gasteiger partial charge < -0.3 is 19.7 Å². The Bertz CT molecular complexity index is 939. The van der Waals surface area contributed by atoms with Gasteiger partial charge in [-0.15, -0.1) is 0 Å². The highest BCUT2D eigenvalue weighted by Crippen LogP contribution is 2.26. The molecule has 3 atom stereocenters. The van der Waals surface area contributed by atoms with Gasteiger partial charge in [0.2, 0.25) is 0 Å². The van der Waals surface area contributed by atoms with Crippen LogP contribution in [0, 0.1) is 5.92 Å². The van der Waals surface area contributed by atoms with Crippen molar-refractivity contribution < 1.29 is 19.1 Å². The number of carbonyl (C=O) groups excluding carboxylic acids is 2. The average Bonchev–Trinajstić information content (AvgIpc) is 2.80. The number of fused-ring (bicyclic) bond motifs is 1. The maximum atomic E-state index is 13.3. The van der Waals surface area contributed by atoms with Crippen LogP contribution in [0.15, 0.2) is 36.8 Å². The summed E-state index contributed by atoms with van der Waals surface area (Å²) in [5.74, 6) is 0.0873. The third-order valence-electron chi connectivity index (χ3n) is 5.81. The SMILES string of the molecule is CO[C@@H]1CN(C)C(=O)c2cc(NC(=O)c3cnccn3)ccc2OC[C@H](C)N(C)C[C@H]1C. The van der Waals surface area contributed by atoms with E-state index in [-0.39, 0.29) is 29.7 Å². The summed E-state index contributed by atoms with van der Waals surface area (Å²) in [4.78, 5) is 37.6. The van der Waals surface area contributed by atoms with Crippen LogP contribution in [-0.2, 0) is 4.74 Å². The lowest BCUT2D eigenvalue weighted by atomic mass is 10.0. The van der Waals surface area contributed by atoms with Gasteiger partial charge in [-0.1, -0.05) is 6.92 Å². The highest BCUT2D eigenvalue weighted by Gasteiger charge is 2.27. The molecule has 2 aromatic rings. The highest BCUT2D eigenvalue weighted by molar-refractivity contribution is 6.04. The predicted octanol–water partition coefficient (Wildman–Crippen LogP) is 2.16. The monoisotopic (exact) mass is 441 g/mol. The van der Waals surface area contributed by atoms with Crippen LogP contribution in [0.3, 0.4) is 0 Å². The second-order valence-corrected chi connectivity index (χ2v) is 8.29. The molecule has 0 radical (unpaired) electrons. The van der Waals surface area contributed by atoms with Gasteiger partial charge in [-0.2, -0.15) is 0 Å². The molecule has 9 heteroatoms. The molecule has 0 spiro atoms. The third-order valence-corrected chi connectivity index (χ3v) is 5.81. The molecule has 0 fully saturated rings. The summed E-state index contributed by atoms with van der Waals surface area (Å²) in [6.45, 7) is 5.90. The number of hydrogen-bond acceptors (Lipinski definition) is 7. The van der Waals surface area contributed by atoms with Crippen molar-refractivity contribution in [3.8, 4) is 5.75 Å². The molecule has 3 rings (SSSR count). The fourth-order valence-electron chi connectivity index (χ4n) is 3.65. The van der Waals surface area contributed by atoms with Gasteiger partial charge in [0.05, 0.1) is 17.9 Å². The van der Waals surface area contributed by atoms with Crippen molar-refractivity contribution in [2.75, 3.05) is 46.2 Å². The normalized spacial score (nSPS) is 22.8. The maximum Gasteiger partial charge on any atom is 0.275 e. The zero-order chi connectivity index (χ0) is 23.3. The van der Waals surface area contributed by atoms with Crippen LogP contribution in [0.1, 0.15) is 34.7 Å². The molecule has 2 amide bonds. The molecular formula is C23H31N5O4. The molecule has 1 aromatic heterocycles. The van der Waals surface area contributed by atoms with E-state index in [1.54, 1.807) is 37.3 Å². The molecule has 172 valence electrons. The number of methoxy groups -OCH3 is 1. The number of aromatic nitrogens is 2. The Balaban J connectivity index is 1.91. The van der Waals surface area contributed by atoms with Crippen LogP contribution in [0.4, 0.5) is 5.69 Å². The summed E-state index contributed by atoms with van der Waals surface area (Å²) < 4.78 is 11.7. The summed E-state index contributed by atoms with van der Waals surface area (Å²) in [5, 5.41) is 2.77. The number of ether oxygens (including phenoxy) is 2. The number of amides is 2. The van der Waals surface area contributed by atoms with Crippen molar-refractivity contribution in [3.63, 3.8) is 0 Å². The molecule has 0 aliphatic carbocycles. The fraction of sp³-hybridized carbons (Fsp3) is 0.478. The fourth-order valence-corrected chi connectivity index (χ4v) is 3.65. The molecule has 0 saturated carbocycles. The number of likely N-dealkylation sites (N-methyl/N-ethyl adjacent to an activating group) is 2. The van der Waals surface area contributed by atoms with Crippen molar-refractivity contribution in [2.24, 2.45) is 5.92 Å². The zero-order valence-corrected chi connectivity index (χ0v) is 19.2. The smallest absolute Gasteiger partial charge is 0.275 e. The van der Waals surface area contributed by atoms with Crippen LogP contribution in [0.25, 0.3) is 0 Å². The van der Waals surface area contributed by atoms with E-state index in [2.05, 4.69) is 41.1 Å². The number of nitrogens with zero attached hydrogens (tertiary/aromatic N) is 4. The molecule has 1 aromatic carbocycles. The quantitative estimate of drug-likeness (QED) is 0.780. The lowest BCUT2D eigenvalue weighted by Gasteiger charge is -2.34. The number of nitrogens with one attached hydrogen (secondary N) is 1. The van der Waals surface area contributed by atoms with Crippen molar-refractivity contribution in [2.45, 2.75) is 26.0 Å². The molecule has 0 unspecified atom stereocenters. The Labute approximate surface area is 188 Å². The summed E-state index contributed by atoms with van der Waals surface area (Å²) in [7, 11) is 5.48. The summed E-state index contributed by atoms with van der Waals surface area (Å²) in [5.41, 5.74) is 1.04. The summed E-state index contributed by atoms with van der Waals surface area (Å²) in [6.07, 6.45) is 4.22. The first-order valence-corrected chi connectivity index (χ1v) is 10.6. The van der Waals surface area contributed by atoms with E-state index < -0.39 is 5.91 Å². The van der Waals surface area contributed by atoms with Crippen molar-refractivity contribution in [3.05, 3.63) is 48.0 Å². The minimum Gasteiger partial charge on any atom is -0.491 e. The van der Waals surface area contributed by atoms with E-state index in [1.165, 1.54) is 18.6 Å². The Morgan fingerprint density at radius 1 is 1.22 bits per heavy atom. The lowest BCUT2D eigenvalue weighted by molar-refractivity contribution is 0.0150. The minimum absolute atomic E-state index is 0.109. The molecule has 1 aliphatic rings. The Kier molecular flexibility index (Phi) is 7.76. The number of rotatable bonds is 3. The second kappa shape index (κ2) is 10.5. The van der Waals surface area contributed by atoms with Gasteiger partial charge in [-0.05, 0) is 38.1 Å². The molecule has 1 aliphatic heterocycles. The van der Waals surface area contributed by atoms with E-state index in [0.717, 1.165) is 6.54 Å². The van der Waals surface area contributed by atoms with Gasteiger partial charge in [0.1, 0.15) is 18.1 Å². The summed E-state index contributed by atoms with van der Waals surface area (Å²) >= 11 is 0. The van der Waals surface area contributed by atoms with Crippen LogP contribution in [0.5, 0.6) is 5.75 Å². The first-order valence-electron chi connectivity index (χ1n) is 10.6. The van der Waals surface area contributed by atoms with Crippen molar-refractivity contribution in [1.29, 1.82) is 0 Å². The predicted molar refractivity (Wildman–Crippen MR) is 121 cm³/mol. The molecule has 1 N–H and O–H groups in total. The topological polar surface area (TPSA) is 96.9 Å². The molecular weight excluding hydrogens is 410 g/mol. The van der Waals surface area contributed by atoms with Crippen molar-refractivity contribution in [1.82, 2.24) is 19.8 Å². The van der Waals surface area contributed by atoms with Gasteiger partial charge in [-0.3, -0.25) is 19.5 Å². The lowest BCUT2D eigenvalue weighted by Crippen LogP contribution is -2.45. The highest BCUT2D eigenvalue weighted by atomic mass is 16.5. The number of benzene rings is 1. The molecule has 9 nitrogen and oxygen atoms in total. The Morgan fingerprint density at radius 3 is 2.69 bits per heavy atom. The minimum atomic E-state index is -0.406. The maximum absolute atomic E-state index is 13.3. The van der Waals surface area contributed by atoms with Crippen LogP contribution >= 0.6 is 0 Å². The Morgan fingerprint density at radius 2 is 2.00 bits per heavy atom. The molecule has 2 heterocycles. The van der Waals surface area contributed by atoms with Gasteiger partial charge in [0.15, 0.2) is 0 Å². The van der Waals surface area contributed by atoms with Gasteiger partial charge >= 0.3 is 0 Å². The second-order valence-electron chi connectivity index (χ2n) is 8.29. The molecule has 0 bridgehead atoms. The summed E-state index contributed by atoms with van der Waals surface area (Å²) in [6, 6.07) is 5.20. The van der Waals surface area contributed by atoms with Gasteiger partial charge in [-0.25, -0.2) is 4.98 Å². The molecule has 0 saturated heterocycles. The first-order chi connectivity index (χ1) is 15.3. The largest absolute Gasteiger partial charge is 0.491 e. The van der Waals surface area contributed by atoms with E-state index in [9.17, 15) is 9.59 Å². The number of carbonyl (C=O) groups is 2. The average molecular weight is 442 g/mol. The Hall–Kier alpha value is -3.04. The first kappa shape index (κ1) is 23.6. The van der Waals surface area contributed by atoms with E-state index in [4.69, 9.17) is 9.47 Å². The zero-order valence-electron chi connectivity index (χ0n) is 19.2. The van der Waals surface area contributed by atoms with Gasteiger partial charge in [0, 0.05) is 51.4 Å².